The zero-order valence-corrected chi connectivity index (χ0v) is 6.76. The minimum absolute atomic E-state index is 0.0494. The minimum atomic E-state index is 0.0494. The van der Waals surface area contributed by atoms with Crippen LogP contribution < -0.4 is 0 Å². The van der Waals surface area contributed by atoms with Gasteiger partial charge in [0.2, 0.25) is 0 Å². The average Bonchev–Trinajstić information content (AvgIpc) is 2.55. The van der Waals surface area contributed by atoms with E-state index in [-0.39, 0.29) is 5.35 Å². The molecule has 2 aromatic rings. The Kier molecular flexibility index (Phi) is 1.59. The third kappa shape index (κ3) is 1.24. The molecule has 0 aliphatic carbocycles. The molecular weight excluding hydrogens is 186 g/mol. The predicted molar refractivity (Wildman–Crippen MR) is 40.4 cm³/mol. The monoisotopic (exact) mass is 187 g/mol. The fourth-order valence-corrected chi connectivity index (χ4v) is 1.28. The molecule has 0 N–H and O–H groups in total. The van der Waals surface area contributed by atoms with Crippen LogP contribution in [0.3, 0.4) is 0 Å². The van der Waals surface area contributed by atoms with Gasteiger partial charge in [0, 0.05) is 0 Å². The molecule has 0 aliphatic heterocycles. The number of nitrogens with zero attached hydrogens (tertiary/aromatic N) is 3. The summed E-state index contributed by atoms with van der Waals surface area (Å²) >= 11 is 6.84. The van der Waals surface area contributed by atoms with E-state index in [4.69, 9.17) is 16.0 Å². The Balaban J connectivity index is 2.45. The Hall–Kier alpha value is -0.940. The van der Waals surface area contributed by atoms with Crippen LogP contribution in [-0.2, 0) is 0 Å². The van der Waals surface area contributed by atoms with E-state index in [1.54, 1.807) is 11.7 Å². The van der Waals surface area contributed by atoms with Crippen LogP contribution in [0, 0.1) is 0 Å². The number of rotatable bonds is 1. The van der Waals surface area contributed by atoms with Crippen LogP contribution >= 0.6 is 22.9 Å². The van der Waals surface area contributed by atoms with Gasteiger partial charge in [-0.1, -0.05) is 5.10 Å². The van der Waals surface area contributed by atoms with E-state index in [9.17, 15) is 0 Å². The van der Waals surface area contributed by atoms with Gasteiger partial charge < -0.3 is 4.42 Å². The maximum Gasteiger partial charge on any atom is 0.313 e. The van der Waals surface area contributed by atoms with Gasteiger partial charge in [-0.05, 0) is 11.6 Å². The van der Waals surface area contributed by atoms with Crippen molar-refractivity contribution in [3.63, 3.8) is 0 Å². The lowest BCUT2D eigenvalue weighted by Crippen LogP contribution is -1.70. The van der Waals surface area contributed by atoms with E-state index in [1.165, 1.54) is 11.3 Å². The van der Waals surface area contributed by atoms with Crippen molar-refractivity contribution in [1.82, 2.24) is 15.2 Å². The molecule has 0 saturated carbocycles. The zero-order valence-electron chi connectivity index (χ0n) is 5.19. The molecule has 11 heavy (non-hydrogen) atoms. The highest BCUT2D eigenvalue weighted by Gasteiger charge is 2.06. The molecule has 56 valence electrons. The van der Waals surface area contributed by atoms with Crippen molar-refractivity contribution in [1.29, 1.82) is 0 Å². The lowest BCUT2D eigenvalue weighted by Gasteiger charge is -1.80. The number of thiazole rings is 1. The van der Waals surface area contributed by atoms with Crippen LogP contribution in [0.5, 0.6) is 0 Å². The summed E-state index contributed by atoms with van der Waals surface area (Å²) in [5.41, 5.74) is 1.69. The van der Waals surface area contributed by atoms with Crippen molar-refractivity contribution in [3.8, 4) is 10.8 Å². The maximum atomic E-state index is 5.42. The molecule has 4 nitrogen and oxygen atoms in total. The summed E-state index contributed by atoms with van der Waals surface area (Å²) < 4.78 is 4.94. The smallest absolute Gasteiger partial charge is 0.313 e. The minimum Gasteiger partial charge on any atom is -0.406 e. The number of aromatic nitrogens is 3. The topological polar surface area (TPSA) is 51.8 Å². The fourth-order valence-electron chi connectivity index (χ4n) is 0.626. The highest BCUT2D eigenvalue weighted by Crippen LogP contribution is 2.22. The van der Waals surface area contributed by atoms with E-state index in [2.05, 4.69) is 15.2 Å². The summed E-state index contributed by atoms with van der Waals surface area (Å²) in [5.74, 6) is 0.414. The lowest BCUT2D eigenvalue weighted by atomic mass is 10.6. The molecule has 6 heteroatoms. The average molecular weight is 188 g/mol. The maximum absolute atomic E-state index is 5.42. The molecule has 0 amide bonds. The van der Waals surface area contributed by atoms with Gasteiger partial charge >= 0.3 is 5.35 Å². The highest BCUT2D eigenvalue weighted by molar-refractivity contribution is 7.13. The second kappa shape index (κ2) is 2.60. The summed E-state index contributed by atoms with van der Waals surface area (Å²) in [7, 11) is 0. The number of hydrogen-bond donors (Lipinski definition) is 0. The third-order valence-electron chi connectivity index (χ3n) is 1.04. The summed E-state index contributed by atoms with van der Waals surface area (Å²) in [6.45, 7) is 0. The first kappa shape index (κ1) is 6.75. The van der Waals surface area contributed by atoms with Gasteiger partial charge in [0.1, 0.15) is 4.88 Å². The van der Waals surface area contributed by atoms with Crippen LogP contribution in [0.15, 0.2) is 16.1 Å². The first-order chi connectivity index (χ1) is 5.36. The van der Waals surface area contributed by atoms with Crippen LogP contribution in [0.2, 0.25) is 5.35 Å². The van der Waals surface area contributed by atoms with Crippen molar-refractivity contribution in [2.45, 2.75) is 0 Å². The van der Waals surface area contributed by atoms with Gasteiger partial charge in [0.25, 0.3) is 5.89 Å². The molecule has 0 unspecified atom stereocenters. The van der Waals surface area contributed by atoms with Gasteiger partial charge in [0.05, 0.1) is 11.7 Å². The molecule has 0 fully saturated rings. The normalized spacial score (nSPS) is 10.3. The number of hydrogen-bond acceptors (Lipinski definition) is 5. The highest BCUT2D eigenvalue weighted by atomic mass is 35.5. The first-order valence-corrected chi connectivity index (χ1v) is 4.00. The molecule has 2 rings (SSSR count). The first-order valence-electron chi connectivity index (χ1n) is 2.74. The van der Waals surface area contributed by atoms with E-state index < -0.39 is 0 Å². The third-order valence-corrected chi connectivity index (χ3v) is 1.96. The van der Waals surface area contributed by atoms with E-state index in [1.807, 2.05) is 0 Å². The van der Waals surface area contributed by atoms with Crippen LogP contribution in [0.1, 0.15) is 0 Å². The SMILES string of the molecule is Clc1nnc(-c2cncs2)o1. The van der Waals surface area contributed by atoms with Crippen molar-refractivity contribution >= 4 is 22.9 Å². The molecule has 2 aromatic heterocycles. The van der Waals surface area contributed by atoms with E-state index in [0.29, 0.717) is 5.89 Å². The summed E-state index contributed by atoms with van der Waals surface area (Å²) in [4.78, 5) is 4.68. The molecule has 0 aliphatic rings. The van der Waals surface area contributed by atoms with Crippen LogP contribution in [0.25, 0.3) is 10.8 Å². The summed E-state index contributed by atoms with van der Waals surface area (Å²) in [6.07, 6.45) is 1.65. The van der Waals surface area contributed by atoms with Crippen LogP contribution in [-0.4, -0.2) is 15.2 Å². The second-order valence-electron chi connectivity index (χ2n) is 1.73. The molecule has 0 radical (unpaired) electrons. The van der Waals surface area contributed by atoms with Gasteiger partial charge in [-0.3, -0.25) is 4.98 Å². The second-order valence-corrected chi connectivity index (χ2v) is 2.94. The largest absolute Gasteiger partial charge is 0.406 e. The van der Waals surface area contributed by atoms with Gasteiger partial charge in [-0.15, -0.1) is 16.4 Å². The fraction of sp³-hybridized carbons (Fsp3) is 0. The van der Waals surface area contributed by atoms with Gasteiger partial charge in [-0.25, -0.2) is 0 Å². The lowest BCUT2D eigenvalue weighted by molar-refractivity contribution is 0.572. The Morgan fingerprint density at radius 1 is 1.45 bits per heavy atom. The summed E-state index contributed by atoms with van der Waals surface area (Å²) in [5, 5.41) is 7.23. The Morgan fingerprint density at radius 2 is 2.36 bits per heavy atom. The Morgan fingerprint density at radius 3 is 2.91 bits per heavy atom. The van der Waals surface area contributed by atoms with Crippen LogP contribution in [0.4, 0.5) is 0 Å². The molecule has 0 aromatic carbocycles. The zero-order chi connectivity index (χ0) is 7.68. The van der Waals surface area contributed by atoms with Gasteiger partial charge in [-0.2, -0.15) is 0 Å². The molecule has 0 atom stereocenters. The predicted octanol–water partition coefficient (Wildman–Crippen LogP) is 1.85. The molecular formula is C5H2ClN3OS. The van der Waals surface area contributed by atoms with E-state index in [0.717, 1.165) is 4.88 Å². The molecule has 0 saturated heterocycles. The Bertz CT molecular complexity index is 344. The van der Waals surface area contributed by atoms with Crippen molar-refractivity contribution in [3.05, 3.63) is 17.1 Å². The standard InChI is InChI=1S/C5H2ClN3OS/c6-5-9-8-4(10-5)3-1-7-2-11-3/h1-2H. The van der Waals surface area contributed by atoms with E-state index >= 15 is 0 Å². The summed E-state index contributed by atoms with van der Waals surface area (Å²) in [6, 6.07) is 0. The Labute approximate surface area is 70.9 Å². The van der Waals surface area contributed by atoms with Crippen molar-refractivity contribution in [2.75, 3.05) is 0 Å². The van der Waals surface area contributed by atoms with Gasteiger partial charge in [0.15, 0.2) is 0 Å². The number of halogens is 1. The van der Waals surface area contributed by atoms with Crippen molar-refractivity contribution < 1.29 is 4.42 Å². The quantitative estimate of drug-likeness (QED) is 0.684. The molecule has 0 bridgehead atoms. The molecule has 0 spiro atoms. The molecule has 2 heterocycles. The van der Waals surface area contributed by atoms with Crippen molar-refractivity contribution in [2.24, 2.45) is 0 Å².